The normalized spacial score (nSPS) is 15.7. The van der Waals surface area contributed by atoms with Gasteiger partial charge in [0.2, 0.25) is 29.4 Å². The summed E-state index contributed by atoms with van der Waals surface area (Å²) in [6.45, 7) is 4.90. The van der Waals surface area contributed by atoms with Gasteiger partial charge in [0.25, 0.3) is 11.8 Å². The summed E-state index contributed by atoms with van der Waals surface area (Å²) >= 11 is 0. The van der Waals surface area contributed by atoms with E-state index in [1.807, 2.05) is 44.2 Å². The number of carbonyl (C=O) groups excluding carboxylic acids is 8. The minimum absolute atomic E-state index is 0.00645. The van der Waals surface area contributed by atoms with Crippen LogP contribution in [0.1, 0.15) is 90.8 Å². The van der Waals surface area contributed by atoms with Gasteiger partial charge in [-0.15, -0.1) is 0 Å². The van der Waals surface area contributed by atoms with Crippen LogP contribution >= 0.6 is 0 Å². The van der Waals surface area contributed by atoms with Gasteiger partial charge in [0.1, 0.15) is 18.1 Å². The minimum atomic E-state index is -1.36. The summed E-state index contributed by atoms with van der Waals surface area (Å²) in [5.74, 6) is -6.96. The average molecular weight is 900 g/mol. The predicted octanol–water partition coefficient (Wildman–Crippen LogP) is 2.14. The molecule has 19 heteroatoms. The van der Waals surface area contributed by atoms with E-state index in [-0.39, 0.29) is 69.0 Å². The Balaban J connectivity index is 1.48. The average Bonchev–Trinajstić information content (AvgIpc) is 3.74. The Morgan fingerprint density at radius 1 is 0.800 bits per heavy atom. The first kappa shape index (κ1) is 50.5. The van der Waals surface area contributed by atoms with Gasteiger partial charge in [0, 0.05) is 25.1 Å². The second-order valence-corrected chi connectivity index (χ2v) is 15.8. The van der Waals surface area contributed by atoms with Crippen LogP contribution in [0.4, 0.5) is 4.79 Å². The lowest BCUT2D eigenvalue weighted by molar-refractivity contribution is -0.143. The molecule has 0 radical (unpaired) electrons. The molecular weight excluding hydrogens is 843 g/mol. The van der Waals surface area contributed by atoms with Crippen LogP contribution in [0.15, 0.2) is 84.9 Å². The molecule has 4 rings (SSSR count). The molecule has 1 aliphatic heterocycles. The number of aromatic carboxylic acids is 1. The van der Waals surface area contributed by atoms with Crippen molar-refractivity contribution in [2.75, 3.05) is 26.2 Å². The summed E-state index contributed by atoms with van der Waals surface area (Å²) in [5, 5.41) is 21.8. The standard InChI is InChI=1S/C46H57N7O12/c1-4-12-34(39(55)43(59)49-24-37(54)52-38(40(47)56)30-15-9-6-10-16-30)50-42(58)36-23-33(64-27-29-13-7-5-8-14-29)25-53(36)44(60)35(51-46(63)65-26-28(2)3)17-11-22-48-41(57)31-18-20-32(21-19-31)45(61)62/h5-10,13-16,18-21,28,33-36,38H,4,11-12,17,22-27H2,1-3H3,(H2,47,56)(H,48,57)(H,49,59)(H,50,58)(H,51,63)(H,52,54)(H,61,62)/t33-,34?,35?,36+,38+/m1/s1. The van der Waals surface area contributed by atoms with Crippen molar-refractivity contribution in [2.45, 2.75) is 89.8 Å². The van der Waals surface area contributed by atoms with Crippen molar-refractivity contribution in [3.8, 4) is 0 Å². The summed E-state index contributed by atoms with van der Waals surface area (Å²) in [6, 6.07) is 17.7. The van der Waals surface area contributed by atoms with Crippen LogP contribution in [0.25, 0.3) is 0 Å². The van der Waals surface area contributed by atoms with Crippen molar-refractivity contribution >= 4 is 53.3 Å². The summed E-state index contributed by atoms with van der Waals surface area (Å²) < 4.78 is 11.5. The summed E-state index contributed by atoms with van der Waals surface area (Å²) in [5.41, 5.74) is 6.95. The molecule has 1 saturated heterocycles. The van der Waals surface area contributed by atoms with E-state index >= 15 is 0 Å². The molecule has 65 heavy (non-hydrogen) atoms. The molecule has 2 unspecified atom stereocenters. The first-order valence-electron chi connectivity index (χ1n) is 21.3. The van der Waals surface area contributed by atoms with Crippen molar-refractivity contribution in [1.82, 2.24) is 31.5 Å². The van der Waals surface area contributed by atoms with Crippen molar-refractivity contribution in [3.05, 3.63) is 107 Å². The highest BCUT2D eigenvalue weighted by Crippen LogP contribution is 2.24. The van der Waals surface area contributed by atoms with Crippen LogP contribution < -0.4 is 32.3 Å². The van der Waals surface area contributed by atoms with Crippen molar-refractivity contribution in [1.29, 1.82) is 0 Å². The number of ether oxygens (including phenoxy) is 2. The lowest BCUT2D eigenvalue weighted by Crippen LogP contribution is -2.56. The topological polar surface area (TPSA) is 282 Å². The zero-order valence-corrected chi connectivity index (χ0v) is 36.6. The minimum Gasteiger partial charge on any atom is -0.478 e. The number of ketones is 1. The number of nitrogens with two attached hydrogens (primary N) is 1. The van der Waals surface area contributed by atoms with Gasteiger partial charge < -0.3 is 51.8 Å². The molecule has 1 aliphatic rings. The van der Waals surface area contributed by atoms with Crippen LogP contribution in [0.3, 0.4) is 0 Å². The quantitative estimate of drug-likeness (QED) is 0.0503. The molecule has 0 bridgehead atoms. The Kier molecular flexibility index (Phi) is 19.6. The molecule has 0 aliphatic carbocycles. The van der Waals surface area contributed by atoms with E-state index in [1.54, 1.807) is 37.3 Å². The smallest absolute Gasteiger partial charge is 0.407 e. The Hall–Kier alpha value is -7.15. The fraction of sp³-hybridized carbons (Fsp3) is 0.413. The van der Waals surface area contributed by atoms with Gasteiger partial charge in [-0.25, -0.2) is 9.59 Å². The molecule has 3 aromatic carbocycles. The Labute approximate surface area is 376 Å². The van der Waals surface area contributed by atoms with Crippen molar-refractivity contribution < 1.29 is 57.7 Å². The van der Waals surface area contributed by atoms with Crippen LogP contribution in [0, 0.1) is 5.92 Å². The monoisotopic (exact) mass is 899 g/mol. The van der Waals surface area contributed by atoms with E-state index in [1.165, 1.54) is 29.2 Å². The van der Waals surface area contributed by atoms with Gasteiger partial charge >= 0.3 is 12.1 Å². The SMILES string of the molecule is CCCC(NC(=O)[C@@H]1C[C@@H](OCc2ccccc2)CN1C(=O)C(CCCNC(=O)c1ccc(C(=O)O)cc1)NC(=O)OCC(C)C)C(=O)C(=O)NCC(=O)N[C@H](C(N)=O)c1ccccc1. The number of likely N-dealkylation sites (tertiary alicyclic amines) is 1. The van der Waals surface area contributed by atoms with E-state index < -0.39 is 90.1 Å². The third kappa shape index (κ3) is 15.9. The second-order valence-electron chi connectivity index (χ2n) is 15.8. The number of carboxylic acids is 1. The van der Waals surface area contributed by atoms with Gasteiger partial charge in [-0.3, -0.25) is 33.6 Å². The largest absolute Gasteiger partial charge is 0.478 e. The number of rotatable bonds is 24. The molecule has 0 saturated carbocycles. The van der Waals surface area contributed by atoms with Gasteiger partial charge in [0.15, 0.2) is 0 Å². The predicted molar refractivity (Wildman–Crippen MR) is 235 cm³/mol. The summed E-state index contributed by atoms with van der Waals surface area (Å²) in [7, 11) is 0. The molecule has 3 aromatic rings. The van der Waals surface area contributed by atoms with E-state index in [4.69, 9.17) is 20.3 Å². The van der Waals surface area contributed by atoms with Gasteiger partial charge in [-0.2, -0.15) is 0 Å². The number of hydrogen-bond acceptors (Lipinski definition) is 11. The van der Waals surface area contributed by atoms with Gasteiger partial charge in [-0.1, -0.05) is 87.9 Å². The first-order valence-corrected chi connectivity index (χ1v) is 21.3. The number of Topliss-reactive ketones (excluding diaryl/α,β-unsaturated/α-hetero) is 1. The Morgan fingerprint density at radius 2 is 1.45 bits per heavy atom. The zero-order valence-electron chi connectivity index (χ0n) is 36.6. The molecule has 19 nitrogen and oxygen atoms in total. The third-order valence-electron chi connectivity index (χ3n) is 10.2. The van der Waals surface area contributed by atoms with Crippen LogP contribution in [-0.2, 0) is 44.8 Å². The number of alkyl carbamates (subject to hydrolysis) is 1. The number of nitrogens with zero attached hydrogens (tertiary/aromatic N) is 1. The van der Waals surface area contributed by atoms with Crippen LogP contribution in [-0.4, -0.2) is 114 Å². The third-order valence-corrected chi connectivity index (χ3v) is 10.2. The molecule has 0 spiro atoms. The van der Waals surface area contributed by atoms with E-state index in [0.29, 0.717) is 12.0 Å². The highest BCUT2D eigenvalue weighted by atomic mass is 16.5. The number of hydrogen-bond donors (Lipinski definition) is 7. The molecule has 8 N–H and O–H groups in total. The molecule has 1 heterocycles. The summed E-state index contributed by atoms with van der Waals surface area (Å²) in [6.07, 6.45) is -1.01. The Morgan fingerprint density at radius 3 is 2.06 bits per heavy atom. The highest BCUT2D eigenvalue weighted by Gasteiger charge is 2.44. The lowest BCUT2D eigenvalue weighted by Gasteiger charge is -2.29. The first-order chi connectivity index (χ1) is 31.1. The van der Waals surface area contributed by atoms with E-state index in [0.717, 1.165) is 5.56 Å². The molecule has 348 valence electrons. The summed E-state index contributed by atoms with van der Waals surface area (Å²) in [4.78, 5) is 118. The lowest BCUT2D eigenvalue weighted by atomic mass is 10.0. The van der Waals surface area contributed by atoms with Crippen LogP contribution in [0.2, 0.25) is 0 Å². The fourth-order valence-corrected chi connectivity index (χ4v) is 6.86. The number of benzene rings is 3. The van der Waals surface area contributed by atoms with E-state index in [2.05, 4.69) is 26.6 Å². The maximum Gasteiger partial charge on any atom is 0.407 e. The van der Waals surface area contributed by atoms with Gasteiger partial charge in [-0.05, 0) is 60.6 Å². The van der Waals surface area contributed by atoms with Crippen LogP contribution in [0.5, 0.6) is 0 Å². The molecular formula is C46H57N7O12. The van der Waals surface area contributed by atoms with Crippen molar-refractivity contribution in [3.63, 3.8) is 0 Å². The molecule has 0 aromatic heterocycles. The fourth-order valence-electron chi connectivity index (χ4n) is 6.86. The second kappa shape index (κ2) is 25.2. The Bertz CT molecular complexity index is 2140. The van der Waals surface area contributed by atoms with Gasteiger partial charge in [0.05, 0.1) is 37.5 Å². The zero-order chi connectivity index (χ0) is 47.5. The molecule has 5 atom stereocenters. The number of carbonyl (C=O) groups is 9. The van der Waals surface area contributed by atoms with E-state index in [9.17, 15) is 43.2 Å². The maximum atomic E-state index is 14.5. The molecule has 7 amide bonds. The highest BCUT2D eigenvalue weighted by molar-refractivity contribution is 6.38. The number of primary amides is 1. The van der Waals surface area contributed by atoms with Crippen molar-refractivity contribution in [2.24, 2.45) is 11.7 Å². The number of carboxylic acid groups (broad SMARTS) is 1. The molecule has 1 fully saturated rings. The maximum absolute atomic E-state index is 14.5. The number of nitrogens with one attached hydrogen (secondary N) is 5. The number of amides is 7.